The second kappa shape index (κ2) is 8.08. The molecule has 164 valence electrons. The van der Waals surface area contributed by atoms with E-state index in [1.807, 2.05) is 0 Å². The van der Waals surface area contributed by atoms with E-state index in [9.17, 15) is 18.0 Å². The molecule has 1 fully saturated rings. The minimum atomic E-state index is -4.80. The summed E-state index contributed by atoms with van der Waals surface area (Å²) in [4.78, 5) is 26.0. The number of alkyl halides is 4. The van der Waals surface area contributed by atoms with Gasteiger partial charge in [-0.15, -0.1) is 13.2 Å². The van der Waals surface area contributed by atoms with Gasteiger partial charge in [-0.1, -0.05) is 22.9 Å². The van der Waals surface area contributed by atoms with E-state index in [2.05, 4.69) is 25.0 Å². The zero-order valence-electron chi connectivity index (χ0n) is 15.6. The first-order valence-electron chi connectivity index (χ1n) is 9.01. The van der Waals surface area contributed by atoms with Gasteiger partial charge in [0.2, 0.25) is 0 Å². The number of nitrogens with one attached hydrogen (secondary N) is 1. The number of amides is 2. The lowest BCUT2D eigenvalue weighted by molar-refractivity contribution is -0.274. The summed E-state index contributed by atoms with van der Waals surface area (Å²) in [6.07, 6.45) is -2.08. The quantitative estimate of drug-likeness (QED) is 0.531. The Kier molecular flexibility index (Phi) is 5.60. The highest BCUT2D eigenvalue weighted by Crippen LogP contribution is 2.38. The number of piperidine rings is 1. The number of anilines is 1. The molecular formula is C18H14ClF4N5O2S. The summed E-state index contributed by atoms with van der Waals surface area (Å²) in [5.74, 6) is -0.375. The average Bonchev–Trinajstić information content (AvgIpc) is 3.09. The molecule has 7 nitrogen and oxygen atoms in total. The van der Waals surface area contributed by atoms with E-state index in [1.165, 1.54) is 29.4 Å². The van der Waals surface area contributed by atoms with Gasteiger partial charge < -0.3 is 9.64 Å². The standard InChI is InChI=1S/C18H14ClF4N5O2S/c19-14-13(24-5-6-25-14)17(20)3-7-28(8-4-17)16(29)27-15-26-11-2-1-10(9-12(11)31-15)30-18(21,22)23/h1-2,5-6,9H,3-4,7-8H2,(H,26,27,29). The predicted octanol–water partition coefficient (Wildman–Crippen LogP) is 5.13. The molecule has 0 saturated carbocycles. The smallest absolute Gasteiger partial charge is 0.406 e. The molecule has 3 aromatic rings. The van der Waals surface area contributed by atoms with E-state index in [0.717, 1.165) is 17.4 Å². The Morgan fingerprint density at radius 2 is 1.94 bits per heavy atom. The summed E-state index contributed by atoms with van der Waals surface area (Å²) in [6.45, 7) is 0.230. The topological polar surface area (TPSA) is 80.2 Å². The molecule has 1 aliphatic rings. The Labute approximate surface area is 182 Å². The number of urea groups is 1. The molecule has 0 atom stereocenters. The number of nitrogens with zero attached hydrogens (tertiary/aromatic N) is 4. The van der Waals surface area contributed by atoms with Crippen molar-refractivity contribution in [2.75, 3.05) is 18.4 Å². The van der Waals surface area contributed by atoms with Crippen molar-refractivity contribution in [3.8, 4) is 5.75 Å². The molecule has 2 amide bonds. The summed E-state index contributed by atoms with van der Waals surface area (Å²) < 4.78 is 56.7. The second-order valence-electron chi connectivity index (χ2n) is 6.77. The number of benzene rings is 1. The van der Waals surface area contributed by atoms with E-state index in [-0.39, 0.29) is 47.7 Å². The fourth-order valence-electron chi connectivity index (χ4n) is 3.25. The lowest BCUT2D eigenvalue weighted by Crippen LogP contribution is -2.45. The van der Waals surface area contributed by atoms with Crippen LogP contribution in [0.3, 0.4) is 0 Å². The van der Waals surface area contributed by atoms with Gasteiger partial charge in [-0.25, -0.2) is 19.2 Å². The maximum atomic E-state index is 15.3. The van der Waals surface area contributed by atoms with Crippen LogP contribution in [0.25, 0.3) is 10.2 Å². The first kappa shape index (κ1) is 21.5. The van der Waals surface area contributed by atoms with E-state index < -0.39 is 18.1 Å². The number of likely N-dealkylation sites (tertiary alicyclic amines) is 1. The van der Waals surface area contributed by atoms with Crippen LogP contribution in [0.2, 0.25) is 5.15 Å². The molecule has 31 heavy (non-hydrogen) atoms. The normalized spacial score (nSPS) is 16.4. The summed E-state index contributed by atoms with van der Waals surface area (Å²) in [6, 6.07) is 3.22. The fraction of sp³-hybridized carbons (Fsp3) is 0.333. The van der Waals surface area contributed by atoms with Crippen LogP contribution in [0, 0.1) is 0 Å². The van der Waals surface area contributed by atoms with Crippen LogP contribution in [0.4, 0.5) is 27.5 Å². The van der Waals surface area contributed by atoms with Gasteiger partial charge in [-0.05, 0) is 12.1 Å². The number of halogens is 5. The Morgan fingerprint density at radius 1 is 1.23 bits per heavy atom. The van der Waals surface area contributed by atoms with Crippen molar-refractivity contribution in [1.29, 1.82) is 0 Å². The van der Waals surface area contributed by atoms with Crippen molar-refractivity contribution in [2.45, 2.75) is 24.9 Å². The van der Waals surface area contributed by atoms with Crippen molar-refractivity contribution in [2.24, 2.45) is 0 Å². The Balaban J connectivity index is 1.41. The molecule has 0 aliphatic carbocycles. The third kappa shape index (κ3) is 4.79. The van der Waals surface area contributed by atoms with E-state index >= 15 is 4.39 Å². The molecule has 1 aromatic carbocycles. The summed E-state index contributed by atoms with van der Waals surface area (Å²) in [5.41, 5.74) is -1.32. The molecule has 1 N–H and O–H groups in total. The first-order chi connectivity index (χ1) is 14.6. The van der Waals surface area contributed by atoms with Crippen LogP contribution < -0.4 is 10.1 Å². The minimum absolute atomic E-state index is 0.00316. The van der Waals surface area contributed by atoms with Gasteiger partial charge in [-0.2, -0.15) is 0 Å². The maximum absolute atomic E-state index is 15.3. The number of fused-ring (bicyclic) bond motifs is 1. The average molecular weight is 476 g/mol. The highest BCUT2D eigenvalue weighted by molar-refractivity contribution is 7.22. The molecule has 0 spiro atoms. The highest BCUT2D eigenvalue weighted by Gasteiger charge is 2.40. The number of thiazole rings is 1. The fourth-order valence-corrected chi connectivity index (χ4v) is 4.41. The van der Waals surface area contributed by atoms with Crippen molar-refractivity contribution >= 4 is 44.3 Å². The van der Waals surface area contributed by atoms with Gasteiger partial charge in [0.15, 0.2) is 16.0 Å². The molecule has 0 radical (unpaired) electrons. The third-order valence-electron chi connectivity index (χ3n) is 4.73. The molecule has 0 bridgehead atoms. The Hall–Kier alpha value is -2.73. The van der Waals surface area contributed by atoms with Crippen LogP contribution in [-0.2, 0) is 5.67 Å². The van der Waals surface area contributed by atoms with Gasteiger partial charge in [0, 0.05) is 44.4 Å². The molecular weight excluding hydrogens is 462 g/mol. The van der Waals surface area contributed by atoms with Crippen molar-refractivity contribution in [3.63, 3.8) is 0 Å². The van der Waals surface area contributed by atoms with E-state index in [1.54, 1.807) is 0 Å². The number of aromatic nitrogens is 3. The minimum Gasteiger partial charge on any atom is -0.406 e. The lowest BCUT2D eigenvalue weighted by atomic mass is 9.90. The van der Waals surface area contributed by atoms with Gasteiger partial charge in [0.1, 0.15) is 11.4 Å². The van der Waals surface area contributed by atoms with E-state index in [4.69, 9.17) is 11.6 Å². The lowest BCUT2D eigenvalue weighted by Gasteiger charge is -2.35. The molecule has 13 heteroatoms. The summed E-state index contributed by atoms with van der Waals surface area (Å²) >= 11 is 6.96. The molecule has 3 heterocycles. The monoisotopic (exact) mass is 475 g/mol. The van der Waals surface area contributed by atoms with Crippen LogP contribution >= 0.6 is 22.9 Å². The van der Waals surface area contributed by atoms with Crippen LogP contribution in [0.5, 0.6) is 5.75 Å². The number of hydrogen-bond donors (Lipinski definition) is 1. The highest BCUT2D eigenvalue weighted by atomic mass is 35.5. The third-order valence-corrected chi connectivity index (χ3v) is 5.94. The van der Waals surface area contributed by atoms with Crippen molar-refractivity contribution in [3.05, 3.63) is 41.4 Å². The Bertz CT molecular complexity index is 1120. The van der Waals surface area contributed by atoms with Gasteiger partial charge >= 0.3 is 12.4 Å². The van der Waals surface area contributed by atoms with Gasteiger partial charge in [0.05, 0.1) is 10.2 Å². The van der Waals surface area contributed by atoms with E-state index in [0.29, 0.717) is 10.2 Å². The predicted molar refractivity (Wildman–Crippen MR) is 106 cm³/mol. The molecule has 4 rings (SSSR count). The zero-order valence-corrected chi connectivity index (χ0v) is 17.2. The second-order valence-corrected chi connectivity index (χ2v) is 8.16. The molecule has 0 unspecified atom stereocenters. The zero-order chi connectivity index (χ0) is 22.2. The number of ether oxygens (including phenoxy) is 1. The Morgan fingerprint density at radius 3 is 2.61 bits per heavy atom. The number of rotatable bonds is 3. The van der Waals surface area contributed by atoms with Crippen LogP contribution in [0.1, 0.15) is 18.5 Å². The molecule has 1 saturated heterocycles. The number of carbonyl (C=O) groups is 1. The van der Waals surface area contributed by atoms with Crippen LogP contribution in [-0.4, -0.2) is 45.3 Å². The molecule has 2 aromatic heterocycles. The van der Waals surface area contributed by atoms with Crippen molar-refractivity contribution < 1.29 is 27.1 Å². The number of hydrogen-bond acceptors (Lipinski definition) is 6. The van der Waals surface area contributed by atoms with Crippen molar-refractivity contribution in [1.82, 2.24) is 19.9 Å². The molecule has 1 aliphatic heterocycles. The summed E-state index contributed by atoms with van der Waals surface area (Å²) in [5, 5.41) is 2.80. The van der Waals surface area contributed by atoms with Gasteiger partial charge in [0.25, 0.3) is 0 Å². The SMILES string of the molecule is O=C(Nc1nc2ccc(OC(F)(F)F)cc2s1)N1CCC(F)(c2nccnc2Cl)CC1. The van der Waals surface area contributed by atoms with Gasteiger partial charge in [-0.3, -0.25) is 10.3 Å². The first-order valence-corrected chi connectivity index (χ1v) is 10.2. The van der Waals surface area contributed by atoms with Crippen LogP contribution in [0.15, 0.2) is 30.6 Å². The summed E-state index contributed by atoms with van der Waals surface area (Å²) in [7, 11) is 0. The number of carbonyl (C=O) groups excluding carboxylic acids is 1. The largest absolute Gasteiger partial charge is 0.573 e. The maximum Gasteiger partial charge on any atom is 0.573 e.